The highest BCUT2D eigenvalue weighted by atomic mass is 16.5. The number of hydrogen-bond donors (Lipinski definition) is 1. The molecule has 1 aromatic rings. The molecular formula is C16H24N2O2. The van der Waals surface area contributed by atoms with Gasteiger partial charge in [-0.3, -0.25) is 4.79 Å². The Labute approximate surface area is 120 Å². The van der Waals surface area contributed by atoms with Gasteiger partial charge >= 0.3 is 0 Å². The van der Waals surface area contributed by atoms with Crippen LogP contribution >= 0.6 is 0 Å². The van der Waals surface area contributed by atoms with Gasteiger partial charge in [0.15, 0.2) is 0 Å². The number of nitrogens with zero attached hydrogens (tertiary/aromatic N) is 1. The maximum absolute atomic E-state index is 12.1. The van der Waals surface area contributed by atoms with Crippen molar-refractivity contribution >= 4 is 5.91 Å². The molecule has 3 rings (SSSR count). The largest absolute Gasteiger partial charge is 0.378 e. The van der Waals surface area contributed by atoms with E-state index in [0.29, 0.717) is 18.7 Å². The van der Waals surface area contributed by atoms with Gasteiger partial charge in [-0.2, -0.15) is 0 Å². The fourth-order valence-corrected chi connectivity index (χ4v) is 2.93. The van der Waals surface area contributed by atoms with Crippen LogP contribution in [0.5, 0.6) is 0 Å². The lowest BCUT2D eigenvalue weighted by molar-refractivity contribution is 0.0565. The lowest BCUT2D eigenvalue weighted by Crippen LogP contribution is -2.27. The summed E-state index contributed by atoms with van der Waals surface area (Å²) in [6.07, 6.45) is 10.8. The van der Waals surface area contributed by atoms with Crippen LogP contribution < -0.4 is 5.32 Å². The third kappa shape index (κ3) is 3.42. The van der Waals surface area contributed by atoms with E-state index >= 15 is 0 Å². The van der Waals surface area contributed by atoms with Crippen LogP contribution in [-0.2, 0) is 4.74 Å². The highest BCUT2D eigenvalue weighted by Crippen LogP contribution is 2.35. The monoisotopic (exact) mass is 276 g/mol. The van der Waals surface area contributed by atoms with Crippen LogP contribution in [-0.4, -0.2) is 29.7 Å². The van der Waals surface area contributed by atoms with Gasteiger partial charge in [-0.1, -0.05) is 12.8 Å². The molecule has 0 atom stereocenters. The van der Waals surface area contributed by atoms with Crippen molar-refractivity contribution in [1.82, 2.24) is 9.88 Å². The molecule has 0 spiro atoms. The molecule has 2 saturated carbocycles. The summed E-state index contributed by atoms with van der Waals surface area (Å²) in [5, 5.41) is 2.99. The van der Waals surface area contributed by atoms with Crippen molar-refractivity contribution in [3.63, 3.8) is 0 Å². The molecule has 0 radical (unpaired) electrons. The Kier molecular flexibility index (Phi) is 4.41. The van der Waals surface area contributed by atoms with Crippen molar-refractivity contribution < 1.29 is 9.53 Å². The molecule has 0 unspecified atom stereocenters. The molecule has 1 amide bonds. The SMILES string of the molecule is O=C(NCCCOC1CCCC1)c1cccn1C1CC1. The number of nitrogens with one attached hydrogen (secondary N) is 1. The first kappa shape index (κ1) is 13.7. The van der Waals surface area contributed by atoms with Crippen LogP contribution in [0, 0.1) is 0 Å². The molecular weight excluding hydrogens is 252 g/mol. The van der Waals surface area contributed by atoms with Crippen molar-refractivity contribution in [1.29, 1.82) is 0 Å². The molecule has 2 aliphatic rings. The smallest absolute Gasteiger partial charge is 0.267 e. The minimum atomic E-state index is 0.0442. The van der Waals surface area contributed by atoms with Crippen LogP contribution in [0.4, 0.5) is 0 Å². The predicted molar refractivity (Wildman–Crippen MR) is 77.9 cm³/mol. The number of carbonyl (C=O) groups is 1. The fraction of sp³-hybridized carbons (Fsp3) is 0.688. The summed E-state index contributed by atoms with van der Waals surface area (Å²) >= 11 is 0. The Balaban J connectivity index is 1.35. The second kappa shape index (κ2) is 6.44. The summed E-state index contributed by atoms with van der Waals surface area (Å²) < 4.78 is 7.89. The zero-order chi connectivity index (χ0) is 13.8. The summed E-state index contributed by atoms with van der Waals surface area (Å²) in [5.41, 5.74) is 0.796. The first-order chi connectivity index (χ1) is 9.84. The van der Waals surface area contributed by atoms with E-state index in [-0.39, 0.29) is 5.91 Å². The van der Waals surface area contributed by atoms with Crippen molar-refractivity contribution in [3.05, 3.63) is 24.0 Å². The second-order valence-electron chi connectivity index (χ2n) is 5.92. The van der Waals surface area contributed by atoms with Crippen LogP contribution in [0.1, 0.15) is 61.5 Å². The number of hydrogen-bond acceptors (Lipinski definition) is 2. The minimum absolute atomic E-state index is 0.0442. The Morgan fingerprint density at radius 2 is 2.10 bits per heavy atom. The molecule has 1 N–H and O–H groups in total. The summed E-state index contributed by atoms with van der Waals surface area (Å²) in [7, 11) is 0. The molecule has 110 valence electrons. The average Bonchev–Trinajstić information content (AvgIpc) is 2.98. The standard InChI is InChI=1S/C16H24N2O2/c19-16(15-7-3-11-18(15)13-8-9-13)17-10-4-12-20-14-5-1-2-6-14/h3,7,11,13-14H,1-2,4-6,8-10,12H2,(H,17,19). The Bertz CT molecular complexity index is 445. The molecule has 0 bridgehead atoms. The predicted octanol–water partition coefficient (Wildman–Crippen LogP) is 2.90. The first-order valence-electron chi connectivity index (χ1n) is 7.91. The van der Waals surface area contributed by atoms with Gasteiger partial charge in [0.05, 0.1) is 6.10 Å². The lowest BCUT2D eigenvalue weighted by atomic mass is 10.3. The number of ether oxygens (including phenoxy) is 1. The number of amides is 1. The second-order valence-corrected chi connectivity index (χ2v) is 5.92. The van der Waals surface area contributed by atoms with Crippen LogP contribution in [0.2, 0.25) is 0 Å². The van der Waals surface area contributed by atoms with Crippen LogP contribution in [0.25, 0.3) is 0 Å². The third-order valence-electron chi connectivity index (χ3n) is 4.21. The maximum Gasteiger partial charge on any atom is 0.267 e. The zero-order valence-corrected chi connectivity index (χ0v) is 12.0. The van der Waals surface area contributed by atoms with Gasteiger partial charge in [0.2, 0.25) is 0 Å². The minimum Gasteiger partial charge on any atom is -0.378 e. The Morgan fingerprint density at radius 1 is 1.30 bits per heavy atom. The summed E-state index contributed by atoms with van der Waals surface area (Å²) in [6, 6.07) is 4.41. The van der Waals surface area contributed by atoms with E-state index in [1.807, 2.05) is 18.3 Å². The van der Waals surface area contributed by atoms with Gasteiger partial charge in [0.1, 0.15) is 5.69 Å². The normalized spacial score (nSPS) is 19.4. The van der Waals surface area contributed by atoms with Gasteiger partial charge in [-0.05, 0) is 44.2 Å². The zero-order valence-electron chi connectivity index (χ0n) is 12.0. The number of rotatable bonds is 7. The van der Waals surface area contributed by atoms with Gasteiger partial charge in [-0.25, -0.2) is 0 Å². The molecule has 2 aliphatic carbocycles. The highest BCUT2D eigenvalue weighted by molar-refractivity contribution is 5.92. The van der Waals surface area contributed by atoms with E-state index < -0.39 is 0 Å². The third-order valence-corrected chi connectivity index (χ3v) is 4.21. The molecule has 0 aromatic carbocycles. The molecule has 4 nitrogen and oxygen atoms in total. The van der Waals surface area contributed by atoms with E-state index in [1.165, 1.54) is 38.5 Å². The molecule has 1 aromatic heterocycles. The van der Waals surface area contributed by atoms with E-state index in [2.05, 4.69) is 9.88 Å². The van der Waals surface area contributed by atoms with Gasteiger partial charge in [0, 0.05) is 25.4 Å². The van der Waals surface area contributed by atoms with Gasteiger partial charge in [-0.15, -0.1) is 0 Å². The fourth-order valence-electron chi connectivity index (χ4n) is 2.93. The Hall–Kier alpha value is -1.29. The topological polar surface area (TPSA) is 43.3 Å². The van der Waals surface area contributed by atoms with E-state index in [1.54, 1.807) is 0 Å². The van der Waals surface area contributed by atoms with Gasteiger partial charge < -0.3 is 14.6 Å². The van der Waals surface area contributed by atoms with E-state index in [9.17, 15) is 4.79 Å². The first-order valence-corrected chi connectivity index (χ1v) is 7.91. The number of carbonyl (C=O) groups excluding carboxylic acids is 1. The number of aromatic nitrogens is 1. The lowest BCUT2D eigenvalue weighted by Gasteiger charge is -2.11. The molecule has 0 saturated heterocycles. The highest BCUT2D eigenvalue weighted by Gasteiger charge is 2.26. The molecule has 1 heterocycles. The Morgan fingerprint density at radius 3 is 2.85 bits per heavy atom. The summed E-state index contributed by atoms with van der Waals surface area (Å²) in [4.78, 5) is 12.1. The molecule has 0 aliphatic heterocycles. The van der Waals surface area contributed by atoms with Crippen molar-refractivity contribution in [2.45, 2.75) is 57.1 Å². The molecule has 20 heavy (non-hydrogen) atoms. The van der Waals surface area contributed by atoms with Crippen LogP contribution in [0.3, 0.4) is 0 Å². The molecule has 2 fully saturated rings. The van der Waals surface area contributed by atoms with Gasteiger partial charge in [0.25, 0.3) is 5.91 Å². The maximum atomic E-state index is 12.1. The summed E-state index contributed by atoms with van der Waals surface area (Å²) in [6.45, 7) is 1.45. The van der Waals surface area contributed by atoms with E-state index in [0.717, 1.165) is 18.7 Å². The van der Waals surface area contributed by atoms with Crippen LogP contribution in [0.15, 0.2) is 18.3 Å². The van der Waals surface area contributed by atoms with Crippen molar-refractivity contribution in [2.75, 3.05) is 13.2 Å². The van der Waals surface area contributed by atoms with E-state index in [4.69, 9.17) is 4.74 Å². The van der Waals surface area contributed by atoms with Crippen molar-refractivity contribution in [3.8, 4) is 0 Å². The molecule has 4 heteroatoms. The average molecular weight is 276 g/mol. The van der Waals surface area contributed by atoms with Crippen molar-refractivity contribution in [2.24, 2.45) is 0 Å². The quantitative estimate of drug-likeness (QED) is 0.778. The summed E-state index contributed by atoms with van der Waals surface area (Å²) in [5.74, 6) is 0.0442.